The second-order valence-corrected chi connectivity index (χ2v) is 7.09. The zero-order chi connectivity index (χ0) is 16.4. The van der Waals surface area contributed by atoms with E-state index in [0.29, 0.717) is 12.5 Å². The van der Waals surface area contributed by atoms with E-state index in [9.17, 15) is 0 Å². The lowest BCUT2D eigenvalue weighted by Gasteiger charge is -2.23. The van der Waals surface area contributed by atoms with Crippen molar-refractivity contribution in [2.24, 2.45) is 0 Å². The number of ether oxygens (including phenoxy) is 2. The first kappa shape index (κ1) is 15.5. The van der Waals surface area contributed by atoms with Gasteiger partial charge in [-0.25, -0.2) is 4.98 Å². The molecule has 0 aliphatic carbocycles. The SMILES string of the molecule is Cc1ccc(-c2cc3ncccc3c(OC[C@@H]3CNCCO3)n2)s1. The number of rotatable bonds is 4. The molecule has 1 atom stereocenters. The van der Waals surface area contributed by atoms with Crippen molar-refractivity contribution in [3.63, 3.8) is 0 Å². The van der Waals surface area contributed by atoms with Crippen molar-refractivity contribution in [3.05, 3.63) is 41.4 Å². The van der Waals surface area contributed by atoms with Gasteiger partial charge in [0.1, 0.15) is 12.7 Å². The van der Waals surface area contributed by atoms with Crippen LogP contribution in [0.4, 0.5) is 0 Å². The Morgan fingerprint density at radius 1 is 1.38 bits per heavy atom. The van der Waals surface area contributed by atoms with Crippen molar-refractivity contribution < 1.29 is 9.47 Å². The Bertz CT molecular complexity index is 843. The highest BCUT2D eigenvalue weighted by atomic mass is 32.1. The number of thiophene rings is 1. The summed E-state index contributed by atoms with van der Waals surface area (Å²) < 4.78 is 11.7. The largest absolute Gasteiger partial charge is 0.474 e. The van der Waals surface area contributed by atoms with E-state index < -0.39 is 0 Å². The highest BCUT2D eigenvalue weighted by molar-refractivity contribution is 7.15. The number of hydrogen-bond acceptors (Lipinski definition) is 6. The smallest absolute Gasteiger partial charge is 0.223 e. The van der Waals surface area contributed by atoms with Crippen LogP contribution >= 0.6 is 11.3 Å². The molecule has 1 aliphatic heterocycles. The van der Waals surface area contributed by atoms with E-state index >= 15 is 0 Å². The average molecular weight is 341 g/mol. The predicted octanol–water partition coefficient (Wildman–Crippen LogP) is 3.03. The lowest BCUT2D eigenvalue weighted by atomic mass is 10.2. The Labute approximate surface area is 144 Å². The van der Waals surface area contributed by atoms with Crippen LogP contribution in [0.2, 0.25) is 0 Å². The summed E-state index contributed by atoms with van der Waals surface area (Å²) in [5.41, 5.74) is 1.79. The molecule has 0 amide bonds. The zero-order valence-electron chi connectivity index (χ0n) is 13.5. The number of fused-ring (bicyclic) bond motifs is 1. The third-order valence-corrected chi connectivity index (χ3v) is 4.99. The van der Waals surface area contributed by atoms with Crippen LogP contribution in [-0.2, 0) is 4.74 Å². The molecule has 1 saturated heterocycles. The molecule has 3 aromatic heterocycles. The number of pyridine rings is 2. The summed E-state index contributed by atoms with van der Waals surface area (Å²) in [4.78, 5) is 11.6. The monoisotopic (exact) mass is 341 g/mol. The van der Waals surface area contributed by atoms with Gasteiger partial charge < -0.3 is 14.8 Å². The van der Waals surface area contributed by atoms with Crippen molar-refractivity contribution in [1.82, 2.24) is 15.3 Å². The van der Waals surface area contributed by atoms with E-state index in [1.54, 1.807) is 17.5 Å². The molecule has 4 heterocycles. The van der Waals surface area contributed by atoms with Crippen LogP contribution < -0.4 is 10.1 Å². The molecule has 0 aromatic carbocycles. The molecule has 5 nitrogen and oxygen atoms in total. The fraction of sp³-hybridized carbons (Fsp3) is 0.333. The number of hydrogen-bond donors (Lipinski definition) is 1. The quantitative estimate of drug-likeness (QED) is 0.790. The molecule has 1 aliphatic rings. The fourth-order valence-corrected chi connectivity index (χ4v) is 3.58. The molecular weight excluding hydrogens is 322 g/mol. The van der Waals surface area contributed by atoms with Gasteiger partial charge in [-0.15, -0.1) is 11.3 Å². The van der Waals surface area contributed by atoms with Crippen molar-refractivity contribution >= 4 is 22.2 Å². The molecule has 1 fully saturated rings. The number of aromatic nitrogens is 2. The Hall–Kier alpha value is -2.02. The topological polar surface area (TPSA) is 56.3 Å². The molecule has 124 valence electrons. The molecule has 24 heavy (non-hydrogen) atoms. The Kier molecular flexibility index (Phi) is 4.42. The summed E-state index contributed by atoms with van der Waals surface area (Å²) in [5.74, 6) is 0.621. The highest BCUT2D eigenvalue weighted by Crippen LogP contribution is 2.31. The van der Waals surface area contributed by atoms with Crippen LogP contribution in [0, 0.1) is 6.92 Å². The van der Waals surface area contributed by atoms with Crippen LogP contribution in [0.15, 0.2) is 36.5 Å². The maximum Gasteiger partial charge on any atom is 0.223 e. The van der Waals surface area contributed by atoms with Gasteiger partial charge in [-0.2, -0.15) is 0 Å². The Balaban J connectivity index is 1.66. The first-order chi connectivity index (χ1) is 11.8. The van der Waals surface area contributed by atoms with Crippen LogP contribution in [0.5, 0.6) is 5.88 Å². The van der Waals surface area contributed by atoms with Crippen molar-refractivity contribution in [1.29, 1.82) is 0 Å². The van der Waals surface area contributed by atoms with Gasteiger partial charge in [0.05, 0.1) is 28.1 Å². The summed E-state index contributed by atoms with van der Waals surface area (Å²) in [7, 11) is 0. The number of aryl methyl sites for hydroxylation is 1. The third kappa shape index (κ3) is 3.26. The normalized spacial score (nSPS) is 18.0. The Morgan fingerprint density at radius 3 is 3.12 bits per heavy atom. The maximum atomic E-state index is 6.02. The van der Waals surface area contributed by atoms with Gasteiger partial charge in [-0.05, 0) is 37.3 Å². The molecular formula is C18H19N3O2S. The molecule has 0 unspecified atom stereocenters. The van der Waals surface area contributed by atoms with E-state index in [-0.39, 0.29) is 6.10 Å². The first-order valence-corrected chi connectivity index (χ1v) is 8.89. The van der Waals surface area contributed by atoms with Gasteiger partial charge in [0.25, 0.3) is 0 Å². The lowest BCUT2D eigenvalue weighted by molar-refractivity contribution is -0.000365. The van der Waals surface area contributed by atoms with Crippen LogP contribution in [-0.4, -0.2) is 42.4 Å². The van der Waals surface area contributed by atoms with E-state index in [2.05, 4.69) is 29.4 Å². The second-order valence-electron chi connectivity index (χ2n) is 5.80. The minimum absolute atomic E-state index is 0.0555. The molecule has 3 aromatic rings. The van der Waals surface area contributed by atoms with Gasteiger partial charge >= 0.3 is 0 Å². The van der Waals surface area contributed by atoms with Gasteiger partial charge in [-0.3, -0.25) is 4.98 Å². The summed E-state index contributed by atoms with van der Waals surface area (Å²) in [6.07, 6.45) is 1.85. The fourth-order valence-electron chi connectivity index (χ4n) is 2.75. The molecule has 6 heteroatoms. The summed E-state index contributed by atoms with van der Waals surface area (Å²) >= 11 is 1.72. The minimum atomic E-state index is 0.0555. The highest BCUT2D eigenvalue weighted by Gasteiger charge is 2.16. The van der Waals surface area contributed by atoms with Crippen molar-refractivity contribution in [2.45, 2.75) is 13.0 Å². The second kappa shape index (κ2) is 6.84. The molecule has 0 saturated carbocycles. The number of nitrogens with one attached hydrogen (secondary N) is 1. The Morgan fingerprint density at radius 2 is 2.33 bits per heavy atom. The zero-order valence-corrected chi connectivity index (χ0v) is 14.3. The predicted molar refractivity (Wildman–Crippen MR) is 95.7 cm³/mol. The molecule has 4 rings (SSSR count). The lowest BCUT2D eigenvalue weighted by Crippen LogP contribution is -2.41. The van der Waals surface area contributed by atoms with E-state index in [1.807, 2.05) is 18.2 Å². The van der Waals surface area contributed by atoms with E-state index in [1.165, 1.54) is 4.88 Å². The standard InChI is InChI=1S/C18H19N3O2S/c1-12-4-5-17(24-12)16-9-15-14(3-2-6-20-15)18(21-16)23-11-13-10-19-7-8-22-13/h2-6,9,13,19H,7-8,10-11H2,1H3/t13-/m0/s1. The van der Waals surface area contributed by atoms with Gasteiger partial charge in [0, 0.05) is 24.2 Å². The summed E-state index contributed by atoms with van der Waals surface area (Å²) in [6.45, 7) is 5.00. The van der Waals surface area contributed by atoms with Crippen molar-refractivity contribution in [3.8, 4) is 16.5 Å². The minimum Gasteiger partial charge on any atom is -0.474 e. The van der Waals surface area contributed by atoms with Gasteiger partial charge in [0.15, 0.2) is 0 Å². The first-order valence-electron chi connectivity index (χ1n) is 8.07. The molecule has 1 N–H and O–H groups in total. The van der Waals surface area contributed by atoms with Gasteiger partial charge in [-0.1, -0.05) is 0 Å². The van der Waals surface area contributed by atoms with E-state index in [0.717, 1.165) is 41.2 Å². The van der Waals surface area contributed by atoms with E-state index in [4.69, 9.17) is 14.5 Å². The average Bonchev–Trinajstić information content (AvgIpc) is 3.07. The maximum absolute atomic E-state index is 6.02. The molecule has 0 radical (unpaired) electrons. The molecule has 0 spiro atoms. The number of morpholine rings is 1. The van der Waals surface area contributed by atoms with Crippen LogP contribution in [0.25, 0.3) is 21.5 Å². The third-order valence-electron chi connectivity index (χ3n) is 3.97. The van der Waals surface area contributed by atoms with Crippen LogP contribution in [0.1, 0.15) is 4.88 Å². The molecule has 0 bridgehead atoms. The van der Waals surface area contributed by atoms with Crippen molar-refractivity contribution in [2.75, 3.05) is 26.3 Å². The number of nitrogens with zero attached hydrogens (tertiary/aromatic N) is 2. The van der Waals surface area contributed by atoms with Gasteiger partial charge in [0.2, 0.25) is 5.88 Å². The van der Waals surface area contributed by atoms with Crippen LogP contribution in [0.3, 0.4) is 0 Å². The summed E-state index contributed by atoms with van der Waals surface area (Å²) in [5, 5.41) is 4.24. The summed E-state index contributed by atoms with van der Waals surface area (Å²) in [6, 6.07) is 10.1.